The molecule has 1 aliphatic rings. The van der Waals surface area contributed by atoms with Crippen LogP contribution in [-0.4, -0.2) is 19.7 Å². The lowest BCUT2D eigenvalue weighted by molar-refractivity contribution is 0.0200. The Hall–Kier alpha value is -0.570. The van der Waals surface area contributed by atoms with Crippen LogP contribution in [-0.2, 0) is 4.74 Å². The van der Waals surface area contributed by atoms with Crippen LogP contribution in [0.3, 0.4) is 0 Å². The summed E-state index contributed by atoms with van der Waals surface area (Å²) in [7, 11) is 0. The van der Waals surface area contributed by atoms with Crippen molar-refractivity contribution in [2.24, 2.45) is 5.92 Å². The first-order valence-corrected chi connectivity index (χ1v) is 8.75. The summed E-state index contributed by atoms with van der Waals surface area (Å²) in [5.41, 5.74) is 1.22. The maximum absolute atomic E-state index is 6.25. The van der Waals surface area contributed by atoms with Gasteiger partial charge in [0.15, 0.2) is 0 Å². The second-order valence-corrected chi connectivity index (χ2v) is 6.52. The van der Waals surface area contributed by atoms with Gasteiger partial charge in [-0.2, -0.15) is 0 Å². The van der Waals surface area contributed by atoms with E-state index in [0.717, 1.165) is 37.1 Å². The predicted octanol–water partition coefficient (Wildman–Crippen LogP) is 4.98. The van der Waals surface area contributed by atoms with Crippen molar-refractivity contribution in [3.63, 3.8) is 0 Å². The van der Waals surface area contributed by atoms with Crippen molar-refractivity contribution in [3.8, 4) is 0 Å². The summed E-state index contributed by atoms with van der Waals surface area (Å²) in [5, 5.41) is 4.26. The van der Waals surface area contributed by atoms with Crippen LogP contribution in [0.4, 0.5) is 0 Å². The van der Waals surface area contributed by atoms with Gasteiger partial charge in [0.2, 0.25) is 0 Å². The van der Waals surface area contributed by atoms with Crippen LogP contribution in [0.2, 0.25) is 5.02 Å². The van der Waals surface area contributed by atoms with Gasteiger partial charge in [0.05, 0.1) is 12.7 Å². The lowest BCUT2D eigenvalue weighted by Gasteiger charge is -2.25. The highest BCUT2D eigenvalue weighted by atomic mass is 35.5. The number of hydrogen-bond acceptors (Lipinski definition) is 2. The molecule has 1 atom stereocenters. The zero-order chi connectivity index (χ0) is 14.9. The molecule has 1 aromatic rings. The Balaban J connectivity index is 1.89. The van der Waals surface area contributed by atoms with E-state index in [9.17, 15) is 0 Å². The summed E-state index contributed by atoms with van der Waals surface area (Å²) < 4.78 is 6.25. The molecular weight excluding hydrogens is 282 g/mol. The normalized spacial score (nSPS) is 17.8. The molecule has 2 rings (SSSR count). The quantitative estimate of drug-likeness (QED) is 0.684. The SMILES string of the molecule is CCCNCC(OCC1CCCCC1)c1ccc(Cl)cc1. The monoisotopic (exact) mass is 309 g/mol. The van der Waals surface area contributed by atoms with E-state index in [1.54, 1.807) is 0 Å². The van der Waals surface area contributed by atoms with Crippen LogP contribution >= 0.6 is 11.6 Å². The van der Waals surface area contributed by atoms with Crippen molar-refractivity contribution in [3.05, 3.63) is 34.9 Å². The molecule has 1 aromatic carbocycles. The predicted molar refractivity (Wildman–Crippen MR) is 89.9 cm³/mol. The maximum Gasteiger partial charge on any atom is 0.0949 e. The number of hydrogen-bond donors (Lipinski definition) is 1. The third-order valence-corrected chi connectivity index (χ3v) is 4.51. The van der Waals surface area contributed by atoms with Crippen molar-refractivity contribution in [1.29, 1.82) is 0 Å². The fraction of sp³-hybridized carbons (Fsp3) is 0.667. The van der Waals surface area contributed by atoms with E-state index in [0.29, 0.717) is 0 Å². The molecular formula is C18H28ClNO. The highest BCUT2D eigenvalue weighted by Gasteiger charge is 2.17. The molecule has 0 heterocycles. The standard InChI is InChI=1S/C18H28ClNO/c1-2-12-20-13-18(16-8-10-17(19)11-9-16)21-14-15-6-4-3-5-7-15/h8-11,15,18,20H,2-7,12-14H2,1H3. The molecule has 1 unspecified atom stereocenters. The van der Waals surface area contributed by atoms with Gasteiger partial charge in [0.1, 0.15) is 0 Å². The van der Waals surface area contributed by atoms with Gasteiger partial charge in [-0.05, 0) is 49.4 Å². The molecule has 0 spiro atoms. The molecule has 0 bridgehead atoms. The first-order valence-electron chi connectivity index (χ1n) is 8.37. The van der Waals surface area contributed by atoms with E-state index < -0.39 is 0 Å². The summed E-state index contributed by atoms with van der Waals surface area (Å²) >= 11 is 5.99. The highest BCUT2D eigenvalue weighted by molar-refractivity contribution is 6.30. The van der Waals surface area contributed by atoms with Crippen LogP contribution in [0.15, 0.2) is 24.3 Å². The Morgan fingerprint density at radius 1 is 1.19 bits per heavy atom. The van der Waals surface area contributed by atoms with Crippen LogP contribution in [0.1, 0.15) is 57.1 Å². The Morgan fingerprint density at radius 2 is 1.90 bits per heavy atom. The third-order valence-electron chi connectivity index (χ3n) is 4.26. The Kier molecular flexibility index (Phi) is 7.56. The fourth-order valence-corrected chi connectivity index (χ4v) is 3.09. The zero-order valence-electron chi connectivity index (χ0n) is 13.1. The molecule has 1 saturated carbocycles. The van der Waals surface area contributed by atoms with Crippen LogP contribution in [0, 0.1) is 5.92 Å². The third kappa shape index (κ3) is 5.98. The zero-order valence-corrected chi connectivity index (χ0v) is 13.9. The molecule has 21 heavy (non-hydrogen) atoms. The largest absolute Gasteiger partial charge is 0.372 e. The number of ether oxygens (including phenoxy) is 1. The fourth-order valence-electron chi connectivity index (χ4n) is 2.97. The lowest BCUT2D eigenvalue weighted by atomic mass is 9.90. The number of nitrogens with one attached hydrogen (secondary N) is 1. The summed E-state index contributed by atoms with van der Waals surface area (Å²) in [4.78, 5) is 0. The summed E-state index contributed by atoms with van der Waals surface area (Å²) in [6, 6.07) is 8.07. The topological polar surface area (TPSA) is 21.3 Å². The summed E-state index contributed by atoms with van der Waals surface area (Å²) in [6.45, 7) is 4.99. The highest BCUT2D eigenvalue weighted by Crippen LogP contribution is 2.26. The average molecular weight is 310 g/mol. The van der Waals surface area contributed by atoms with Gasteiger partial charge in [-0.3, -0.25) is 0 Å². The van der Waals surface area contributed by atoms with Gasteiger partial charge in [-0.15, -0.1) is 0 Å². The smallest absolute Gasteiger partial charge is 0.0949 e. The minimum Gasteiger partial charge on any atom is -0.372 e. The van der Waals surface area contributed by atoms with Gasteiger partial charge in [0, 0.05) is 11.6 Å². The van der Waals surface area contributed by atoms with Crippen LogP contribution in [0.5, 0.6) is 0 Å². The van der Waals surface area contributed by atoms with E-state index in [4.69, 9.17) is 16.3 Å². The molecule has 118 valence electrons. The van der Waals surface area contributed by atoms with Crippen molar-refractivity contribution in [2.45, 2.75) is 51.6 Å². The summed E-state index contributed by atoms with van der Waals surface area (Å²) in [6.07, 6.45) is 8.08. The number of rotatable bonds is 8. The average Bonchev–Trinajstić information content (AvgIpc) is 2.53. The minimum absolute atomic E-state index is 0.135. The lowest BCUT2D eigenvalue weighted by Crippen LogP contribution is -2.26. The van der Waals surface area contributed by atoms with Crippen molar-refractivity contribution >= 4 is 11.6 Å². The molecule has 1 fully saturated rings. The number of benzene rings is 1. The maximum atomic E-state index is 6.25. The van der Waals surface area contributed by atoms with Gasteiger partial charge < -0.3 is 10.1 Å². The van der Waals surface area contributed by atoms with E-state index in [-0.39, 0.29) is 6.10 Å². The Morgan fingerprint density at radius 3 is 2.57 bits per heavy atom. The molecule has 2 nitrogen and oxygen atoms in total. The van der Waals surface area contributed by atoms with Gasteiger partial charge in [-0.1, -0.05) is 49.9 Å². The molecule has 0 aromatic heterocycles. The molecule has 0 radical (unpaired) electrons. The molecule has 0 saturated heterocycles. The van der Waals surface area contributed by atoms with Gasteiger partial charge in [0.25, 0.3) is 0 Å². The van der Waals surface area contributed by atoms with Crippen LogP contribution < -0.4 is 5.32 Å². The van der Waals surface area contributed by atoms with Gasteiger partial charge >= 0.3 is 0 Å². The number of halogens is 1. The molecule has 0 amide bonds. The minimum atomic E-state index is 0.135. The molecule has 0 aliphatic heterocycles. The van der Waals surface area contributed by atoms with E-state index in [1.807, 2.05) is 12.1 Å². The first-order chi connectivity index (χ1) is 10.3. The van der Waals surface area contributed by atoms with Crippen LogP contribution in [0.25, 0.3) is 0 Å². The van der Waals surface area contributed by atoms with Gasteiger partial charge in [-0.25, -0.2) is 0 Å². The van der Waals surface area contributed by atoms with E-state index >= 15 is 0 Å². The van der Waals surface area contributed by atoms with E-state index in [1.165, 1.54) is 37.7 Å². The second kappa shape index (κ2) is 9.45. The first kappa shape index (κ1) is 16.8. The molecule has 3 heteroatoms. The van der Waals surface area contributed by atoms with Crippen molar-refractivity contribution in [1.82, 2.24) is 5.32 Å². The second-order valence-electron chi connectivity index (χ2n) is 6.08. The summed E-state index contributed by atoms with van der Waals surface area (Å²) in [5.74, 6) is 0.750. The van der Waals surface area contributed by atoms with Crippen molar-refractivity contribution < 1.29 is 4.74 Å². The van der Waals surface area contributed by atoms with E-state index in [2.05, 4.69) is 24.4 Å². The Labute approximate surface area is 134 Å². The van der Waals surface area contributed by atoms with Crippen molar-refractivity contribution in [2.75, 3.05) is 19.7 Å². The molecule has 1 N–H and O–H groups in total. The molecule has 1 aliphatic carbocycles. The Bertz CT molecular complexity index is 387.